The lowest BCUT2D eigenvalue weighted by Gasteiger charge is -2.33. The number of aromatic hydroxyl groups is 1. The highest BCUT2D eigenvalue weighted by molar-refractivity contribution is 5.95. The average Bonchev–Trinajstić information content (AvgIpc) is 2.93. The Labute approximate surface area is 234 Å². The third kappa shape index (κ3) is 7.24. The number of carbonyl (C=O) groups is 2. The van der Waals surface area contributed by atoms with Crippen LogP contribution in [0.3, 0.4) is 0 Å². The van der Waals surface area contributed by atoms with Gasteiger partial charge in [0, 0.05) is 18.5 Å². The van der Waals surface area contributed by atoms with E-state index >= 15 is 0 Å². The predicted octanol–water partition coefficient (Wildman–Crippen LogP) is 4.36. The third-order valence-corrected chi connectivity index (χ3v) is 6.48. The molecule has 200 valence electrons. The summed E-state index contributed by atoms with van der Waals surface area (Å²) in [7, 11) is 0. The normalized spacial score (nSPS) is 11.3. The first kappa shape index (κ1) is 28.9. The quantitative estimate of drug-likeness (QED) is 0.175. The van der Waals surface area contributed by atoms with Crippen LogP contribution in [0.15, 0.2) is 109 Å². The van der Waals surface area contributed by atoms with Crippen molar-refractivity contribution in [2.45, 2.75) is 24.9 Å². The Bertz CT molecular complexity index is 1360. The van der Waals surface area contributed by atoms with Gasteiger partial charge in [-0.1, -0.05) is 97.1 Å². The third-order valence-electron chi connectivity index (χ3n) is 6.48. The number of rotatable bonds is 10. The topological polar surface area (TPSA) is 134 Å². The van der Waals surface area contributed by atoms with Crippen LogP contribution in [-0.2, 0) is 22.6 Å². The van der Waals surface area contributed by atoms with Gasteiger partial charge < -0.3 is 21.5 Å². The number of nitrogen functional groups attached to an aromatic ring is 1. The van der Waals surface area contributed by atoms with Crippen molar-refractivity contribution in [3.05, 3.63) is 137 Å². The van der Waals surface area contributed by atoms with Crippen molar-refractivity contribution in [1.29, 1.82) is 5.41 Å². The summed E-state index contributed by atoms with van der Waals surface area (Å²) in [4.78, 5) is 28.8. The Morgan fingerprint density at radius 3 is 1.69 bits per heavy atom. The van der Waals surface area contributed by atoms with E-state index in [0.29, 0.717) is 5.56 Å². The lowest BCUT2D eigenvalue weighted by Crippen LogP contribution is -2.50. The van der Waals surface area contributed by atoms with Crippen LogP contribution >= 0.6 is 12.4 Å². The maximum atomic E-state index is 14.4. The number of phenolic OH excluding ortho intramolecular Hbond substituents is 1. The van der Waals surface area contributed by atoms with E-state index in [-0.39, 0.29) is 42.9 Å². The Morgan fingerprint density at radius 1 is 0.744 bits per heavy atom. The molecule has 4 aromatic carbocycles. The molecule has 0 fully saturated rings. The van der Waals surface area contributed by atoms with Gasteiger partial charge in [0.25, 0.3) is 0 Å². The maximum Gasteiger partial charge on any atom is 0.240 e. The Balaban J connectivity index is 0.00000420. The van der Waals surface area contributed by atoms with Gasteiger partial charge in [-0.2, -0.15) is 0 Å². The van der Waals surface area contributed by atoms with Crippen LogP contribution < -0.4 is 11.5 Å². The number of benzene rings is 4. The van der Waals surface area contributed by atoms with E-state index < -0.39 is 17.9 Å². The summed E-state index contributed by atoms with van der Waals surface area (Å²) in [5, 5.41) is 17.4. The molecule has 2 amide bonds. The van der Waals surface area contributed by atoms with E-state index in [4.69, 9.17) is 16.9 Å². The van der Waals surface area contributed by atoms with E-state index in [9.17, 15) is 14.7 Å². The maximum absolute atomic E-state index is 14.4. The predicted molar refractivity (Wildman–Crippen MR) is 155 cm³/mol. The summed E-state index contributed by atoms with van der Waals surface area (Å²) < 4.78 is 0. The first-order chi connectivity index (χ1) is 18.3. The molecule has 6 N–H and O–H groups in total. The summed E-state index contributed by atoms with van der Waals surface area (Å²) in [6.45, 7) is 0.119. The number of hydrogen-bond acceptors (Lipinski definition) is 4. The number of amides is 2. The van der Waals surface area contributed by atoms with Gasteiger partial charge in [-0.15, -0.1) is 12.4 Å². The highest BCUT2D eigenvalue weighted by Crippen LogP contribution is 2.29. The van der Waals surface area contributed by atoms with Crippen molar-refractivity contribution in [3.63, 3.8) is 0 Å². The number of amidine groups is 1. The van der Waals surface area contributed by atoms with Gasteiger partial charge >= 0.3 is 0 Å². The largest absolute Gasteiger partial charge is 0.508 e. The zero-order chi connectivity index (χ0) is 27.1. The van der Waals surface area contributed by atoms with Gasteiger partial charge in [0.1, 0.15) is 17.6 Å². The molecule has 0 aromatic heterocycles. The number of carbonyl (C=O) groups excluding carboxylic acids is 2. The fraction of sp³-hybridized carbons (Fsp3) is 0.129. The Morgan fingerprint density at radius 2 is 1.23 bits per heavy atom. The van der Waals surface area contributed by atoms with Crippen LogP contribution in [0.25, 0.3) is 0 Å². The van der Waals surface area contributed by atoms with E-state index in [1.165, 1.54) is 4.90 Å². The highest BCUT2D eigenvalue weighted by Gasteiger charge is 2.34. The summed E-state index contributed by atoms with van der Waals surface area (Å²) in [5.41, 5.74) is 15.2. The van der Waals surface area contributed by atoms with E-state index in [1.807, 2.05) is 60.7 Å². The van der Waals surface area contributed by atoms with E-state index in [0.717, 1.165) is 22.3 Å². The molecule has 0 bridgehead atoms. The lowest BCUT2D eigenvalue weighted by atomic mass is 9.89. The zero-order valence-corrected chi connectivity index (χ0v) is 22.1. The van der Waals surface area contributed by atoms with E-state index in [2.05, 4.69) is 0 Å². The molecule has 7 nitrogen and oxygen atoms in total. The van der Waals surface area contributed by atoms with Crippen LogP contribution in [0, 0.1) is 5.41 Å². The second kappa shape index (κ2) is 13.3. The van der Waals surface area contributed by atoms with Crippen molar-refractivity contribution in [2.75, 3.05) is 0 Å². The number of phenols is 1. The molecule has 0 radical (unpaired) electrons. The van der Waals surface area contributed by atoms with Crippen molar-refractivity contribution in [3.8, 4) is 5.75 Å². The molecule has 1 atom stereocenters. The van der Waals surface area contributed by atoms with Gasteiger partial charge in [-0.25, -0.2) is 0 Å². The SMILES string of the molecule is Cl.N=C(N)c1ccc(C[C@H](C(N)=O)N(Cc2ccc(O)cc2)C(=O)C(c2ccccc2)c2ccccc2)cc1. The smallest absolute Gasteiger partial charge is 0.240 e. The van der Waals surface area contributed by atoms with Crippen molar-refractivity contribution < 1.29 is 14.7 Å². The molecule has 0 spiro atoms. The molecule has 0 saturated heterocycles. The standard InChI is InChI=1S/C31H30N4O3.ClH/c32-29(33)25-15-11-21(12-16-25)19-27(30(34)37)35(20-22-13-17-26(36)18-14-22)31(38)28(23-7-3-1-4-8-23)24-9-5-2-6-10-24;/h1-18,27-28,36H,19-20H2,(H3,32,33)(H2,34,37);1H/t27-;/m1./s1. The minimum Gasteiger partial charge on any atom is -0.508 e. The molecule has 4 rings (SSSR count). The number of halogens is 1. The fourth-order valence-electron chi connectivity index (χ4n) is 4.48. The molecule has 0 aliphatic heterocycles. The Hall–Kier alpha value is -4.62. The summed E-state index contributed by atoms with van der Waals surface area (Å²) in [6.07, 6.45) is 0.188. The second-order valence-electron chi connectivity index (χ2n) is 9.12. The average molecular weight is 543 g/mol. The molecule has 39 heavy (non-hydrogen) atoms. The van der Waals surface area contributed by atoms with Gasteiger partial charge in [0.15, 0.2) is 0 Å². The zero-order valence-electron chi connectivity index (χ0n) is 21.2. The van der Waals surface area contributed by atoms with Crippen LogP contribution in [0.5, 0.6) is 5.75 Å². The first-order valence-corrected chi connectivity index (χ1v) is 12.2. The molecule has 0 aliphatic carbocycles. The van der Waals surface area contributed by atoms with Gasteiger partial charge in [0.2, 0.25) is 11.8 Å². The molecular weight excluding hydrogens is 512 g/mol. The molecule has 4 aromatic rings. The van der Waals surface area contributed by atoms with Crippen LogP contribution in [0.1, 0.15) is 33.7 Å². The summed E-state index contributed by atoms with van der Waals surface area (Å²) >= 11 is 0. The number of primary amides is 1. The highest BCUT2D eigenvalue weighted by atomic mass is 35.5. The van der Waals surface area contributed by atoms with Gasteiger partial charge in [0.05, 0.1) is 5.92 Å². The number of nitrogens with one attached hydrogen (secondary N) is 1. The van der Waals surface area contributed by atoms with Crippen molar-refractivity contribution in [2.24, 2.45) is 11.5 Å². The van der Waals surface area contributed by atoms with Crippen LogP contribution in [0.2, 0.25) is 0 Å². The minimum absolute atomic E-state index is 0. The van der Waals surface area contributed by atoms with Crippen LogP contribution in [0.4, 0.5) is 0 Å². The number of hydrogen-bond donors (Lipinski definition) is 4. The van der Waals surface area contributed by atoms with Crippen molar-refractivity contribution >= 4 is 30.1 Å². The lowest BCUT2D eigenvalue weighted by molar-refractivity contribution is -0.140. The first-order valence-electron chi connectivity index (χ1n) is 12.2. The molecule has 0 saturated carbocycles. The minimum atomic E-state index is -0.950. The van der Waals surface area contributed by atoms with Crippen molar-refractivity contribution in [1.82, 2.24) is 4.90 Å². The summed E-state index contributed by atoms with van der Waals surface area (Å²) in [5.74, 6) is -1.50. The Kier molecular flexibility index (Phi) is 9.84. The molecule has 0 unspecified atom stereocenters. The summed E-state index contributed by atoms with van der Waals surface area (Å²) in [6, 6.07) is 31.4. The molecule has 8 heteroatoms. The molecule has 0 heterocycles. The fourth-order valence-corrected chi connectivity index (χ4v) is 4.48. The molecule has 0 aliphatic rings. The number of nitrogens with two attached hydrogens (primary N) is 2. The van der Waals surface area contributed by atoms with Gasteiger partial charge in [-0.3, -0.25) is 15.0 Å². The van der Waals surface area contributed by atoms with Crippen LogP contribution in [-0.4, -0.2) is 33.7 Å². The number of nitrogens with zero attached hydrogens (tertiary/aromatic N) is 1. The monoisotopic (exact) mass is 542 g/mol. The van der Waals surface area contributed by atoms with E-state index in [1.54, 1.807) is 48.5 Å². The van der Waals surface area contributed by atoms with Gasteiger partial charge in [-0.05, 0) is 34.4 Å². The second-order valence-corrected chi connectivity index (χ2v) is 9.12. The molecular formula is C31H31ClN4O3.